The molecule has 0 unspecified atom stereocenters. The molecule has 0 atom stereocenters. The van der Waals surface area contributed by atoms with E-state index in [0.717, 1.165) is 4.90 Å². The third kappa shape index (κ3) is 6.06. The van der Waals surface area contributed by atoms with E-state index in [-0.39, 0.29) is 36.8 Å². The maximum Gasteiger partial charge on any atom is 0.324 e. The van der Waals surface area contributed by atoms with Gasteiger partial charge in [-0.2, -0.15) is 0 Å². The Morgan fingerprint density at radius 1 is 1.26 bits per heavy atom. The first-order valence-electron chi connectivity index (χ1n) is 9.48. The molecule has 2 rings (SSSR count). The molecular formula is C16H30N6O4S. The topological polar surface area (TPSA) is 123 Å². The molecule has 3 amide bonds. The molecule has 27 heavy (non-hydrogen) atoms. The van der Waals surface area contributed by atoms with Gasteiger partial charge in [0.15, 0.2) is 5.96 Å². The summed E-state index contributed by atoms with van der Waals surface area (Å²) in [6, 6.07) is -0.249. The van der Waals surface area contributed by atoms with Crippen molar-refractivity contribution in [3.05, 3.63) is 0 Å². The van der Waals surface area contributed by atoms with E-state index >= 15 is 0 Å². The third-order valence-electron chi connectivity index (χ3n) is 4.53. The second-order valence-corrected chi connectivity index (χ2v) is 8.69. The van der Waals surface area contributed by atoms with Crippen LogP contribution in [0.1, 0.15) is 33.1 Å². The number of nitrogens with one attached hydrogen (secondary N) is 3. The Labute approximate surface area is 160 Å². The van der Waals surface area contributed by atoms with Crippen LogP contribution in [0.25, 0.3) is 0 Å². The van der Waals surface area contributed by atoms with Crippen molar-refractivity contribution in [2.75, 3.05) is 45.0 Å². The van der Waals surface area contributed by atoms with Gasteiger partial charge in [0, 0.05) is 25.7 Å². The summed E-state index contributed by atoms with van der Waals surface area (Å²) < 4.78 is 25.8. The molecule has 2 aliphatic heterocycles. The van der Waals surface area contributed by atoms with Gasteiger partial charge in [-0.15, -0.1) is 0 Å². The summed E-state index contributed by atoms with van der Waals surface area (Å²) in [6.07, 6.45) is 2.04. The molecule has 10 nitrogen and oxygen atoms in total. The SMILES string of the molecule is CCCS(=O)(=O)N1CCC(NC(=NCCN2C(=O)CNC2=O)NCC)CC1. The van der Waals surface area contributed by atoms with Crippen molar-refractivity contribution < 1.29 is 18.0 Å². The predicted molar refractivity (Wildman–Crippen MR) is 103 cm³/mol. The van der Waals surface area contributed by atoms with E-state index in [1.54, 1.807) is 4.31 Å². The van der Waals surface area contributed by atoms with Crippen molar-refractivity contribution in [1.82, 2.24) is 25.2 Å². The van der Waals surface area contributed by atoms with Crippen LogP contribution in [-0.2, 0) is 14.8 Å². The van der Waals surface area contributed by atoms with Gasteiger partial charge in [0.25, 0.3) is 0 Å². The van der Waals surface area contributed by atoms with Gasteiger partial charge < -0.3 is 16.0 Å². The predicted octanol–water partition coefficient (Wildman–Crippen LogP) is -0.702. The number of hydrogen-bond acceptors (Lipinski definition) is 5. The van der Waals surface area contributed by atoms with E-state index in [1.165, 1.54) is 0 Å². The fraction of sp³-hybridized carbons (Fsp3) is 0.812. The number of carbonyl (C=O) groups is 2. The number of hydrogen-bond donors (Lipinski definition) is 3. The van der Waals surface area contributed by atoms with Crippen LogP contribution in [0.5, 0.6) is 0 Å². The van der Waals surface area contributed by atoms with Crippen LogP contribution < -0.4 is 16.0 Å². The number of sulfonamides is 1. The smallest absolute Gasteiger partial charge is 0.324 e. The lowest BCUT2D eigenvalue weighted by Gasteiger charge is -2.32. The maximum absolute atomic E-state index is 12.1. The van der Waals surface area contributed by atoms with Gasteiger partial charge in [-0.25, -0.2) is 17.5 Å². The lowest BCUT2D eigenvalue weighted by atomic mass is 10.1. The zero-order valence-electron chi connectivity index (χ0n) is 16.0. The average Bonchev–Trinajstić information content (AvgIpc) is 2.94. The summed E-state index contributed by atoms with van der Waals surface area (Å²) in [5.74, 6) is 0.561. The fourth-order valence-corrected chi connectivity index (χ4v) is 4.66. The Kier molecular flexibility index (Phi) is 7.84. The number of urea groups is 1. The monoisotopic (exact) mass is 402 g/mol. The number of nitrogens with zero attached hydrogens (tertiary/aromatic N) is 3. The summed E-state index contributed by atoms with van der Waals surface area (Å²) in [4.78, 5) is 28.7. The zero-order valence-corrected chi connectivity index (χ0v) is 16.8. The molecule has 0 aromatic carbocycles. The molecule has 2 aliphatic rings. The summed E-state index contributed by atoms with van der Waals surface area (Å²) >= 11 is 0. The normalized spacial score (nSPS) is 20.1. The highest BCUT2D eigenvalue weighted by Crippen LogP contribution is 2.15. The number of aliphatic imine (C=N–C) groups is 1. The van der Waals surface area contributed by atoms with Crippen LogP contribution in [0.4, 0.5) is 4.79 Å². The van der Waals surface area contributed by atoms with Crippen LogP contribution in [0.15, 0.2) is 4.99 Å². The third-order valence-corrected chi connectivity index (χ3v) is 6.60. The summed E-state index contributed by atoms with van der Waals surface area (Å²) in [5, 5.41) is 8.94. The summed E-state index contributed by atoms with van der Waals surface area (Å²) in [6.45, 7) is 6.08. The molecule has 0 aliphatic carbocycles. The van der Waals surface area contributed by atoms with Gasteiger partial charge in [-0.3, -0.25) is 14.7 Å². The molecule has 0 bridgehead atoms. The molecule has 154 valence electrons. The van der Waals surface area contributed by atoms with E-state index in [9.17, 15) is 18.0 Å². The van der Waals surface area contributed by atoms with Gasteiger partial charge in [-0.1, -0.05) is 6.92 Å². The lowest BCUT2D eigenvalue weighted by molar-refractivity contribution is -0.124. The Morgan fingerprint density at radius 3 is 2.52 bits per heavy atom. The Morgan fingerprint density at radius 2 is 1.96 bits per heavy atom. The first-order chi connectivity index (χ1) is 12.9. The molecule has 0 aromatic rings. The minimum atomic E-state index is -3.15. The molecule has 0 saturated carbocycles. The minimum Gasteiger partial charge on any atom is -0.357 e. The van der Waals surface area contributed by atoms with Gasteiger partial charge in [-0.05, 0) is 26.2 Å². The molecule has 0 aromatic heterocycles. The highest BCUT2D eigenvalue weighted by molar-refractivity contribution is 7.89. The van der Waals surface area contributed by atoms with Gasteiger partial charge in [0.1, 0.15) is 0 Å². The van der Waals surface area contributed by atoms with E-state index in [0.29, 0.717) is 51.4 Å². The van der Waals surface area contributed by atoms with E-state index in [4.69, 9.17) is 0 Å². The van der Waals surface area contributed by atoms with Crippen molar-refractivity contribution in [2.24, 2.45) is 4.99 Å². The molecule has 3 N–H and O–H groups in total. The number of rotatable bonds is 8. The first-order valence-corrected chi connectivity index (χ1v) is 11.1. The highest BCUT2D eigenvalue weighted by atomic mass is 32.2. The lowest BCUT2D eigenvalue weighted by Crippen LogP contribution is -2.50. The Bertz CT molecular complexity index is 642. The highest BCUT2D eigenvalue weighted by Gasteiger charge is 2.29. The Balaban J connectivity index is 1.83. The van der Waals surface area contributed by atoms with Gasteiger partial charge >= 0.3 is 6.03 Å². The van der Waals surface area contributed by atoms with Crippen molar-refractivity contribution in [3.8, 4) is 0 Å². The molecule has 2 heterocycles. The van der Waals surface area contributed by atoms with Gasteiger partial charge in [0.2, 0.25) is 15.9 Å². The summed E-state index contributed by atoms with van der Waals surface area (Å²) in [7, 11) is -3.15. The van der Waals surface area contributed by atoms with Crippen LogP contribution >= 0.6 is 0 Å². The Hall–Kier alpha value is -1.88. The molecule has 0 spiro atoms. The number of carbonyl (C=O) groups excluding carboxylic acids is 2. The number of amides is 3. The minimum absolute atomic E-state index is 0.0420. The molecule has 0 radical (unpaired) electrons. The van der Waals surface area contributed by atoms with Crippen molar-refractivity contribution in [3.63, 3.8) is 0 Å². The second-order valence-electron chi connectivity index (χ2n) is 6.60. The number of guanidine groups is 1. The largest absolute Gasteiger partial charge is 0.357 e. The quantitative estimate of drug-likeness (QED) is 0.280. The number of piperidine rings is 1. The van der Waals surface area contributed by atoms with E-state index in [1.807, 2.05) is 13.8 Å². The number of imide groups is 1. The van der Waals surface area contributed by atoms with Crippen molar-refractivity contribution >= 4 is 27.9 Å². The standard InChI is InChI=1S/C16H30N6O4S/c1-3-11-27(25,26)21-8-5-13(6-9-21)20-15(17-4-2)18-7-10-22-14(23)12-19-16(22)24/h13H,3-12H2,1-2H3,(H,19,24)(H2,17,18,20). The van der Waals surface area contributed by atoms with Crippen molar-refractivity contribution in [2.45, 2.75) is 39.2 Å². The summed E-state index contributed by atoms with van der Waals surface area (Å²) in [5.41, 5.74) is 0. The zero-order chi connectivity index (χ0) is 19.9. The first kappa shape index (κ1) is 21.4. The fourth-order valence-electron chi connectivity index (χ4n) is 3.12. The van der Waals surface area contributed by atoms with Gasteiger partial charge in [0.05, 0.1) is 25.4 Å². The second kappa shape index (κ2) is 9.88. The molecule has 11 heteroatoms. The van der Waals surface area contributed by atoms with Crippen LogP contribution in [0.3, 0.4) is 0 Å². The van der Waals surface area contributed by atoms with Crippen LogP contribution in [-0.4, -0.2) is 86.6 Å². The van der Waals surface area contributed by atoms with Crippen LogP contribution in [0, 0.1) is 0 Å². The van der Waals surface area contributed by atoms with E-state index in [2.05, 4.69) is 20.9 Å². The van der Waals surface area contributed by atoms with E-state index < -0.39 is 10.0 Å². The molecular weight excluding hydrogens is 372 g/mol. The maximum atomic E-state index is 12.1. The molecule has 2 fully saturated rings. The van der Waals surface area contributed by atoms with Crippen molar-refractivity contribution in [1.29, 1.82) is 0 Å². The van der Waals surface area contributed by atoms with Crippen LogP contribution in [0.2, 0.25) is 0 Å². The molecule has 2 saturated heterocycles. The average molecular weight is 403 g/mol.